The first-order valence-electron chi connectivity index (χ1n) is 7.53. The van der Waals surface area contributed by atoms with Gasteiger partial charge in [0.05, 0.1) is 6.54 Å². The molecular weight excluding hydrogens is 256 g/mol. The van der Waals surface area contributed by atoms with E-state index in [1.165, 1.54) is 0 Å². The van der Waals surface area contributed by atoms with Crippen molar-refractivity contribution in [3.05, 3.63) is 0 Å². The van der Waals surface area contributed by atoms with Crippen LogP contribution in [-0.2, 0) is 9.59 Å². The summed E-state index contributed by atoms with van der Waals surface area (Å²) in [6.45, 7) is 6.40. The lowest BCUT2D eigenvalue weighted by Crippen LogP contribution is -2.51. The third-order valence-electron chi connectivity index (χ3n) is 4.29. The number of hydrogen-bond acceptors (Lipinski definition) is 3. The maximum Gasteiger partial charge on any atom is 0.303 e. The molecule has 0 aromatic heterocycles. The number of nitrogens with zero attached hydrogens (tertiary/aromatic N) is 1. The molecule has 5 nitrogen and oxygen atoms in total. The number of amides is 1. The quantitative estimate of drug-likeness (QED) is 0.822. The van der Waals surface area contributed by atoms with Crippen molar-refractivity contribution in [2.75, 3.05) is 6.54 Å². The van der Waals surface area contributed by atoms with E-state index in [4.69, 9.17) is 5.11 Å². The van der Waals surface area contributed by atoms with Gasteiger partial charge in [0, 0.05) is 24.0 Å². The SMILES string of the molecule is CC(C)(C)NC(=O)CN1[C@@H]2CC[C@H]1C[C@H](CC(=O)O)C2. The molecule has 5 heteroatoms. The maximum atomic E-state index is 12.1. The average molecular weight is 282 g/mol. The molecule has 2 aliphatic rings. The Morgan fingerprint density at radius 1 is 1.20 bits per heavy atom. The summed E-state index contributed by atoms with van der Waals surface area (Å²) >= 11 is 0. The van der Waals surface area contributed by atoms with Gasteiger partial charge in [-0.3, -0.25) is 14.5 Å². The number of carboxylic acid groups (broad SMARTS) is 1. The van der Waals surface area contributed by atoms with Crippen LogP contribution in [0.2, 0.25) is 0 Å². The fraction of sp³-hybridized carbons (Fsp3) is 0.867. The summed E-state index contributed by atoms with van der Waals surface area (Å²) in [7, 11) is 0. The largest absolute Gasteiger partial charge is 0.481 e. The maximum absolute atomic E-state index is 12.1. The molecule has 0 saturated carbocycles. The Morgan fingerprint density at radius 3 is 2.20 bits per heavy atom. The number of fused-ring (bicyclic) bond motifs is 2. The predicted octanol–water partition coefficient (Wildman–Crippen LogP) is 1.62. The number of carbonyl (C=O) groups excluding carboxylic acids is 1. The fourth-order valence-corrected chi connectivity index (χ4v) is 3.68. The van der Waals surface area contributed by atoms with E-state index in [0.717, 1.165) is 25.7 Å². The lowest BCUT2D eigenvalue weighted by molar-refractivity contribution is -0.139. The number of carboxylic acids is 1. The van der Waals surface area contributed by atoms with Crippen molar-refractivity contribution in [1.82, 2.24) is 10.2 Å². The number of rotatable bonds is 4. The molecule has 2 saturated heterocycles. The van der Waals surface area contributed by atoms with Crippen LogP contribution in [0.5, 0.6) is 0 Å². The van der Waals surface area contributed by atoms with E-state index in [-0.39, 0.29) is 23.8 Å². The van der Waals surface area contributed by atoms with Gasteiger partial charge >= 0.3 is 5.97 Å². The van der Waals surface area contributed by atoms with Crippen molar-refractivity contribution in [1.29, 1.82) is 0 Å². The molecule has 0 aromatic rings. The summed E-state index contributed by atoms with van der Waals surface area (Å²) < 4.78 is 0. The van der Waals surface area contributed by atoms with Gasteiger partial charge in [0.15, 0.2) is 0 Å². The monoisotopic (exact) mass is 282 g/mol. The molecule has 114 valence electrons. The Labute approximate surface area is 120 Å². The molecule has 20 heavy (non-hydrogen) atoms. The third kappa shape index (κ3) is 3.95. The highest BCUT2D eigenvalue weighted by atomic mass is 16.4. The van der Waals surface area contributed by atoms with Gasteiger partial charge in [0.2, 0.25) is 5.91 Å². The molecule has 0 aromatic carbocycles. The second kappa shape index (κ2) is 5.72. The van der Waals surface area contributed by atoms with Crippen LogP contribution in [0.1, 0.15) is 52.9 Å². The summed E-state index contributed by atoms with van der Waals surface area (Å²) in [4.78, 5) is 25.2. The first-order chi connectivity index (χ1) is 9.24. The third-order valence-corrected chi connectivity index (χ3v) is 4.29. The second-order valence-electron chi connectivity index (χ2n) is 7.29. The molecule has 2 fully saturated rings. The van der Waals surface area contributed by atoms with Crippen molar-refractivity contribution in [2.45, 2.75) is 70.5 Å². The lowest BCUT2D eigenvalue weighted by atomic mass is 9.88. The van der Waals surface area contributed by atoms with Gasteiger partial charge in [-0.1, -0.05) is 0 Å². The Bertz CT molecular complexity index is 375. The first-order valence-corrected chi connectivity index (χ1v) is 7.53. The van der Waals surface area contributed by atoms with E-state index in [1.54, 1.807) is 0 Å². The van der Waals surface area contributed by atoms with Crippen molar-refractivity contribution in [3.63, 3.8) is 0 Å². The van der Waals surface area contributed by atoms with Crippen LogP contribution in [-0.4, -0.2) is 46.1 Å². The highest BCUT2D eigenvalue weighted by Crippen LogP contribution is 2.39. The first kappa shape index (κ1) is 15.3. The molecule has 2 aliphatic heterocycles. The molecule has 2 rings (SSSR count). The van der Waals surface area contributed by atoms with Crippen molar-refractivity contribution >= 4 is 11.9 Å². The van der Waals surface area contributed by atoms with E-state index in [1.807, 2.05) is 20.8 Å². The molecule has 1 amide bonds. The molecule has 0 aliphatic carbocycles. The standard InChI is InChI=1S/C15H26N2O3/c1-15(2,3)16-13(18)9-17-11-4-5-12(17)7-10(6-11)8-14(19)20/h10-12H,4-9H2,1-3H3,(H,16,18)(H,19,20)/t10-,11-,12+. The van der Waals surface area contributed by atoms with Crippen molar-refractivity contribution < 1.29 is 14.7 Å². The fourth-order valence-electron chi connectivity index (χ4n) is 3.68. The highest BCUT2D eigenvalue weighted by Gasteiger charge is 2.41. The van der Waals surface area contributed by atoms with Crippen LogP contribution in [0.15, 0.2) is 0 Å². The summed E-state index contributed by atoms with van der Waals surface area (Å²) in [5, 5.41) is 11.9. The Kier molecular flexibility index (Phi) is 4.37. The molecule has 2 bridgehead atoms. The number of hydrogen-bond donors (Lipinski definition) is 2. The van der Waals surface area contributed by atoms with E-state index in [9.17, 15) is 9.59 Å². The Balaban J connectivity index is 1.89. The van der Waals surface area contributed by atoms with Gasteiger partial charge in [-0.2, -0.15) is 0 Å². The predicted molar refractivity (Wildman–Crippen MR) is 76.4 cm³/mol. The highest BCUT2D eigenvalue weighted by molar-refractivity contribution is 5.78. The molecule has 2 N–H and O–H groups in total. The van der Waals surface area contributed by atoms with E-state index in [2.05, 4.69) is 10.2 Å². The zero-order valence-corrected chi connectivity index (χ0v) is 12.7. The van der Waals surface area contributed by atoms with Gasteiger partial charge in [0.25, 0.3) is 0 Å². The van der Waals surface area contributed by atoms with Crippen LogP contribution >= 0.6 is 0 Å². The number of piperidine rings is 1. The zero-order valence-electron chi connectivity index (χ0n) is 12.7. The Hall–Kier alpha value is -1.10. The molecule has 2 heterocycles. The van der Waals surface area contributed by atoms with Crippen LogP contribution in [0, 0.1) is 5.92 Å². The smallest absolute Gasteiger partial charge is 0.303 e. The zero-order chi connectivity index (χ0) is 14.9. The topological polar surface area (TPSA) is 69.6 Å². The van der Waals surface area contributed by atoms with Crippen LogP contribution in [0.4, 0.5) is 0 Å². The van der Waals surface area contributed by atoms with Crippen molar-refractivity contribution in [3.8, 4) is 0 Å². The van der Waals surface area contributed by atoms with Gasteiger partial charge in [0.1, 0.15) is 0 Å². The second-order valence-corrected chi connectivity index (χ2v) is 7.29. The van der Waals surface area contributed by atoms with E-state index < -0.39 is 5.97 Å². The number of aliphatic carboxylic acids is 1. The molecule has 0 radical (unpaired) electrons. The van der Waals surface area contributed by atoms with Gasteiger partial charge in [-0.05, 0) is 52.4 Å². The summed E-state index contributed by atoms with van der Waals surface area (Å²) in [6, 6.07) is 0.785. The number of carbonyl (C=O) groups is 2. The molecular formula is C15H26N2O3. The Morgan fingerprint density at radius 2 is 1.75 bits per heavy atom. The van der Waals surface area contributed by atoms with E-state index >= 15 is 0 Å². The van der Waals surface area contributed by atoms with Crippen LogP contribution in [0.3, 0.4) is 0 Å². The van der Waals surface area contributed by atoms with E-state index in [0.29, 0.717) is 18.6 Å². The van der Waals surface area contributed by atoms with Crippen molar-refractivity contribution in [2.24, 2.45) is 5.92 Å². The molecule has 0 spiro atoms. The normalized spacial score (nSPS) is 30.2. The average Bonchev–Trinajstić information content (AvgIpc) is 2.51. The summed E-state index contributed by atoms with van der Waals surface area (Å²) in [5.74, 6) is -0.341. The van der Waals surface area contributed by atoms with Crippen LogP contribution in [0.25, 0.3) is 0 Å². The van der Waals surface area contributed by atoms with Crippen LogP contribution < -0.4 is 5.32 Å². The summed E-state index contributed by atoms with van der Waals surface area (Å²) in [5.41, 5.74) is -0.197. The van der Waals surface area contributed by atoms with Gasteiger partial charge < -0.3 is 10.4 Å². The molecule has 0 unspecified atom stereocenters. The summed E-state index contributed by atoms with van der Waals surface area (Å²) in [6.07, 6.45) is 4.32. The minimum atomic E-state index is -0.701. The minimum Gasteiger partial charge on any atom is -0.481 e. The minimum absolute atomic E-state index is 0.0751. The molecule has 3 atom stereocenters. The lowest BCUT2D eigenvalue weighted by Gasteiger charge is -2.38. The van der Waals surface area contributed by atoms with Gasteiger partial charge in [-0.15, -0.1) is 0 Å². The van der Waals surface area contributed by atoms with Gasteiger partial charge in [-0.25, -0.2) is 0 Å². The number of nitrogens with one attached hydrogen (secondary N) is 1.